The van der Waals surface area contributed by atoms with Crippen molar-refractivity contribution in [2.24, 2.45) is 35.5 Å². The number of aliphatic hydroxyl groups excluding tert-OH is 1. The number of rotatable bonds is 33. The van der Waals surface area contributed by atoms with Gasteiger partial charge in [-0.3, -0.25) is 38.5 Å². The SMILES string of the molecule is CC[C@H](C)[C@@H]([C@@H](CC(=O)N1CCC[C@H]1[C@H](OC)[C@@H](C)C(=O)C[C@H](CO)Cc1ccccc1)OC)N(C)C(=O)[C@@H](CC(=O)[C@@H]1[C@H]2CC[C@H](C2)N1C(=O)CCOCCOCCOCCN1C(=O)C=CC1=O)C(C)C. The van der Waals surface area contributed by atoms with Crippen LogP contribution in [0.15, 0.2) is 42.5 Å². The van der Waals surface area contributed by atoms with Crippen molar-refractivity contribution in [1.82, 2.24) is 19.6 Å². The highest BCUT2D eigenvalue weighted by Gasteiger charge is 2.52. The maximum Gasteiger partial charge on any atom is 0.253 e. The van der Waals surface area contributed by atoms with Crippen molar-refractivity contribution in [3.8, 4) is 0 Å². The van der Waals surface area contributed by atoms with Crippen molar-refractivity contribution < 1.29 is 62.4 Å². The molecule has 1 aromatic rings. The van der Waals surface area contributed by atoms with Gasteiger partial charge >= 0.3 is 0 Å². The fourth-order valence-corrected chi connectivity index (χ4v) is 11.6. The van der Waals surface area contributed by atoms with E-state index in [1.807, 2.05) is 69.9 Å². The number of aliphatic hydroxyl groups is 1. The number of Topliss-reactive ketones (excluding diaryl/α,β-unsaturated/α-hetero) is 2. The summed E-state index contributed by atoms with van der Waals surface area (Å²) in [4.78, 5) is 101. The molecule has 5 amide bonds. The first kappa shape index (κ1) is 58.5. The Hall–Kier alpha value is -4.39. The van der Waals surface area contributed by atoms with Crippen LogP contribution in [0.1, 0.15) is 104 Å². The van der Waals surface area contributed by atoms with Crippen LogP contribution >= 0.6 is 0 Å². The minimum Gasteiger partial charge on any atom is -0.396 e. The molecule has 2 saturated heterocycles. The number of hydrogen-bond acceptors (Lipinski definition) is 13. The summed E-state index contributed by atoms with van der Waals surface area (Å²) in [6.45, 7) is 11.9. The highest BCUT2D eigenvalue weighted by Crippen LogP contribution is 2.44. The summed E-state index contributed by atoms with van der Waals surface area (Å²) >= 11 is 0. The second-order valence-electron chi connectivity index (χ2n) is 20.7. The summed E-state index contributed by atoms with van der Waals surface area (Å²) in [5.41, 5.74) is 1.05. The van der Waals surface area contributed by atoms with Crippen molar-refractivity contribution in [3.63, 3.8) is 0 Å². The number of carbonyl (C=O) groups is 7. The predicted octanol–water partition coefficient (Wildman–Crippen LogP) is 4.69. The third-order valence-electron chi connectivity index (χ3n) is 15.8. The molecule has 5 rings (SSSR count). The topological polar surface area (TPSA) is 199 Å². The average Bonchev–Trinajstić information content (AvgIpc) is 4.20. The van der Waals surface area contributed by atoms with Crippen LogP contribution in [0.5, 0.6) is 0 Å². The number of likely N-dealkylation sites (N-methyl/N-ethyl adjacent to an activating group) is 1. The molecule has 3 heterocycles. The molecule has 1 N–H and O–H groups in total. The summed E-state index contributed by atoms with van der Waals surface area (Å²) in [5, 5.41) is 10.2. The molecular weight excluding hydrogens is 925 g/mol. The molecule has 402 valence electrons. The van der Waals surface area contributed by atoms with Gasteiger partial charge in [0.25, 0.3) is 11.8 Å². The van der Waals surface area contributed by atoms with Gasteiger partial charge in [0, 0.05) is 77.3 Å². The first-order chi connectivity index (χ1) is 34.6. The van der Waals surface area contributed by atoms with Crippen molar-refractivity contribution in [3.05, 3.63) is 48.0 Å². The van der Waals surface area contributed by atoms with Crippen LogP contribution in [0.25, 0.3) is 0 Å². The molecule has 11 atom stereocenters. The number of amides is 5. The Labute approximate surface area is 427 Å². The lowest BCUT2D eigenvalue weighted by Gasteiger charge is -2.41. The summed E-state index contributed by atoms with van der Waals surface area (Å²) in [5.74, 6) is -2.93. The molecule has 1 aliphatic carbocycles. The molecule has 3 aliphatic heterocycles. The van der Waals surface area contributed by atoms with Crippen LogP contribution in [0.4, 0.5) is 0 Å². The van der Waals surface area contributed by atoms with Gasteiger partial charge in [-0.15, -0.1) is 0 Å². The Morgan fingerprint density at radius 1 is 0.806 bits per heavy atom. The third kappa shape index (κ3) is 15.3. The minimum atomic E-state index is -0.662. The average molecular weight is 1010 g/mol. The maximum absolute atomic E-state index is 14.8. The summed E-state index contributed by atoms with van der Waals surface area (Å²) < 4.78 is 28.9. The number of methoxy groups -OCH3 is 2. The van der Waals surface area contributed by atoms with Gasteiger partial charge in [0.2, 0.25) is 17.7 Å². The highest BCUT2D eigenvalue weighted by atomic mass is 16.5. The van der Waals surface area contributed by atoms with Gasteiger partial charge in [-0.05, 0) is 67.8 Å². The summed E-state index contributed by atoms with van der Waals surface area (Å²) in [6, 6.07) is 8.36. The molecule has 17 heteroatoms. The number of ether oxygens (including phenoxy) is 5. The van der Waals surface area contributed by atoms with Crippen LogP contribution < -0.4 is 0 Å². The molecule has 0 spiro atoms. The van der Waals surface area contributed by atoms with E-state index in [2.05, 4.69) is 0 Å². The zero-order valence-corrected chi connectivity index (χ0v) is 44.2. The zero-order chi connectivity index (χ0) is 52.5. The second kappa shape index (κ2) is 28.9. The lowest BCUT2D eigenvalue weighted by atomic mass is 9.83. The maximum atomic E-state index is 14.8. The summed E-state index contributed by atoms with van der Waals surface area (Å²) in [7, 11) is 4.89. The predicted molar refractivity (Wildman–Crippen MR) is 269 cm³/mol. The molecule has 72 heavy (non-hydrogen) atoms. The van der Waals surface area contributed by atoms with Gasteiger partial charge in [-0.2, -0.15) is 0 Å². The number of fused-ring (bicyclic) bond motifs is 2. The van der Waals surface area contributed by atoms with Crippen LogP contribution in [0, 0.1) is 35.5 Å². The van der Waals surface area contributed by atoms with Crippen molar-refractivity contribution in [1.29, 1.82) is 0 Å². The Morgan fingerprint density at radius 2 is 1.46 bits per heavy atom. The zero-order valence-electron chi connectivity index (χ0n) is 44.2. The normalized spacial score (nSPS) is 22.6. The Bertz CT molecular complexity index is 1960. The lowest BCUT2D eigenvalue weighted by molar-refractivity contribution is -0.150. The Morgan fingerprint density at radius 3 is 2.07 bits per heavy atom. The number of piperidine rings is 1. The Balaban J connectivity index is 1.13. The highest BCUT2D eigenvalue weighted by molar-refractivity contribution is 6.12. The molecule has 3 fully saturated rings. The smallest absolute Gasteiger partial charge is 0.253 e. The number of carbonyl (C=O) groups excluding carboxylic acids is 7. The molecular formula is C55H84N4O13. The van der Waals surface area contributed by atoms with E-state index in [9.17, 15) is 38.7 Å². The van der Waals surface area contributed by atoms with E-state index in [1.165, 1.54) is 12.2 Å². The fraction of sp³-hybridized carbons (Fsp3) is 0.727. The summed E-state index contributed by atoms with van der Waals surface area (Å²) in [6.07, 6.45) is 6.74. The molecule has 17 nitrogen and oxygen atoms in total. The molecule has 0 radical (unpaired) electrons. The van der Waals surface area contributed by atoms with Gasteiger partial charge in [-0.25, -0.2) is 0 Å². The number of ketones is 2. The van der Waals surface area contributed by atoms with Crippen LogP contribution in [-0.4, -0.2) is 183 Å². The van der Waals surface area contributed by atoms with E-state index < -0.39 is 36.1 Å². The standard InChI is InChI=1S/C55H84N4O13/c1-9-37(4)52(47(68-7)34-51(66)57-22-13-16-44(57)54(69-8)38(5)45(61)31-40(35-60)30-39-14-11-10-12-15-39)56(6)55(67)43(36(2)3)33-46(62)53-41-17-18-42(32-41)59(53)50(65)21-24-70-26-28-72-29-27-71-25-23-58-48(63)19-20-49(58)64/h10-12,14-15,19-20,36-38,40-44,47,52-54,60H,9,13,16-18,21-35H2,1-8H3/t37-,38-,40+,41-,42+,43-,44-,47+,52-,53-,54+/m0/s1. The quantitative estimate of drug-likeness (QED) is 0.0753. The van der Waals surface area contributed by atoms with E-state index in [-0.39, 0.29) is 142 Å². The van der Waals surface area contributed by atoms with E-state index in [1.54, 1.807) is 31.1 Å². The van der Waals surface area contributed by atoms with Gasteiger partial charge in [-0.1, -0.05) is 71.4 Å². The van der Waals surface area contributed by atoms with Gasteiger partial charge in [0.1, 0.15) is 5.78 Å². The minimum absolute atomic E-state index is 0.00828. The largest absolute Gasteiger partial charge is 0.396 e. The third-order valence-corrected chi connectivity index (χ3v) is 15.8. The molecule has 1 saturated carbocycles. The number of benzene rings is 1. The monoisotopic (exact) mass is 1010 g/mol. The Kier molecular flexibility index (Phi) is 23.5. The number of imide groups is 1. The number of nitrogens with zero attached hydrogens (tertiary/aromatic N) is 4. The fourth-order valence-electron chi connectivity index (χ4n) is 11.6. The van der Waals surface area contributed by atoms with Crippen molar-refractivity contribution >= 4 is 41.1 Å². The first-order valence-corrected chi connectivity index (χ1v) is 26.5. The molecule has 1 aromatic carbocycles. The molecule has 0 unspecified atom stereocenters. The van der Waals surface area contributed by atoms with Crippen molar-refractivity contribution in [2.75, 3.05) is 80.6 Å². The van der Waals surface area contributed by atoms with Crippen LogP contribution in [0.3, 0.4) is 0 Å². The lowest BCUT2D eigenvalue weighted by Crippen LogP contribution is -2.54. The first-order valence-electron chi connectivity index (χ1n) is 26.5. The van der Waals surface area contributed by atoms with Crippen LogP contribution in [0.2, 0.25) is 0 Å². The molecule has 2 bridgehead atoms. The van der Waals surface area contributed by atoms with Gasteiger partial charge < -0.3 is 43.5 Å². The van der Waals surface area contributed by atoms with E-state index in [4.69, 9.17) is 23.7 Å². The molecule has 4 aliphatic rings. The van der Waals surface area contributed by atoms with E-state index in [0.29, 0.717) is 39.0 Å². The van der Waals surface area contributed by atoms with E-state index in [0.717, 1.165) is 36.1 Å². The van der Waals surface area contributed by atoms with Gasteiger partial charge in [0.05, 0.1) is 89.4 Å². The van der Waals surface area contributed by atoms with Crippen molar-refractivity contribution in [2.45, 2.75) is 142 Å². The number of likely N-dealkylation sites (tertiary alicyclic amines) is 2. The number of hydrogen-bond donors (Lipinski definition) is 1. The van der Waals surface area contributed by atoms with Gasteiger partial charge in [0.15, 0.2) is 5.78 Å². The molecule has 0 aromatic heterocycles. The van der Waals surface area contributed by atoms with Crippen LogP contribution in [-0.2, 0) is 63.7 Å². The van der Waals surface area contributed by atoms with E-state index >= 15 is 0 Å². The second-order valence-corrected chi connectivity index (χ2v) is 20.7.